The van der Waals surface area contributed by atoms with Gasteiger partial charge in [-0.2, -0.15) is 10.1 Å². The molecule has 1 amide bonds. The molecule has 3 aromatic rings. The van der Waals surface area contributed by atoms with E-state index in [0.29, 0.717) is 17.0 Å². The topological polar surface area (TPSA) is 103 Å². The maximum atomic E-state index is 15.5. The molecule has 30 heavy (non-hydrogen) atoms. The number of rotatable bonds is 5. The van der Waals surface area contributed by atoms with E-state index < -0.39 is 11.6 Å². The van der Waals surface area contributed by atoms with Gasteiger partial charge in [0.1, 0.15) is 12.3 Å². The number of likely N-dealkylation sites (tertiary alicyclic amines) is 1. The Kier molecular flexibility index (Phi) is 5.06. The molecule has 156 valence electrons. The number of alkyl halides is 1. The van der Waals surface area contributed by atoms with Gasteiger partial charge in [-0.1, -0.05) is 5.16 Å². The van der Waals surface area contributed by atoms with E-state index in [9.17, 15) is 9.59 Å². The van der Waals surface area contributed by atoms with Crippen LogP contribution in [-0.2, 0) is 17.0 Å². The molecule has 4 rings (SSSR count). The summed E-state index contributed by atoms with van der Waals surface area (Å²) in [4.78, 5) is 30.0. The maximum absolute atomic E-state index is 15.5. The standard InChI is InChI=1S/C20H20FN5O4/c1-13-3-8-16(27)26(23-13)11-17(28)25-10-9-20(21,12-25)19-22-18(24-30-19)14-4-6-15(29-2)7-5-14/h3-8H,9-12H2,1-2H3. The van der Waals surface area contributed by atoms with E-state index in [1.807, 2.05) is 0 Å². The van der Waals surface area contributed by atoms with E-state index in [2.05, 4.69) is 15.2 Å². The first kappa shape index (κ1) is 19.7. The SMILES string of the molecule is COc1ccc(-c2noc(C3(F)CCN(C(=O)Cn4nc(C)ccc4=O)C3)n2)cc1. The fourth-order valence-corrected chi connectivity index (χ4v) is 3.32. The van der Waals surface area contributed by atoms with Crippen molar-refractivity contribution in [2.45, 2.75) is 25.6 Å². The lowest BCUT2D eigenvalue weighted by Crippen LogP contribution is -2.37. The molecule has 0 N–H and O–H groups in total. The lowest BCUT2D eigenvalue weighted by molar-refractivity contribution is -0.131. The number of carbonyl (C=O) groups excluding carboxylic acids is 1. The molecular formula is C20H20FN5O4. The molecular weight excluding hydrogens is 393 g/mol. The summed E-state index contributed by atoms with van der Waals surface area (Å²) in [7, 11) is 1.56. The molecule has 0 bridgehead atoms. The van der Waals surface area contributed by atoms with Crippen LogP contribution in [0.5, 0.6) is 5.75 Å². The number of halogens is 1. The Balaban J connectivity index is 1.47. The summed E-state index contributed by atoms with van der Waals surface area (Å²) in [6, 6.07) is 9.90. The number of nitrogens with zero attached hydrogens (tertiary/aromatic N) is 5. The summed E-state index contributed by atoms with van der Waals surface area (Å²) < 4.78 is 26.8. The highest BCUT2D eigenvalue weighted by Crippen LogP contribution is 2.36. The highest BCUT2D eigenvalue weighted by atomic mass is 19.1. The molecule has 0 radical (unpaired) electrons. The van der Waals surface area contributed by atoms with Crippen LogP contribution >= 0.6 is 0 Å². The first-order valence-electron chi connectivity index (χ1n) is 9.38. The molecule has 0 aliphatic carbocycles. The van der Waals surface area contributed by atoms with Crippen molar-refractivity contribution in [3.63, 3.8) is 0 Å². The molecule has 2 aromatic heterocycles. The van der Waals surface area contributed by atoms with Crippen LogP contribution in [0.25, 0.3) is 11.4 Å². The molecule has 1 saturated heterocycles. The predicted molar refractivity (Wildman–Crippen MR) is 104 cm³/mol. The van der Waals surface area contributed by atoms with E-state index in [0.717, 1.165) is 4.68 Å². The van der Waals surface area contributed by atoms with E-state index in [1.165, 1.54) is 11.0 Å². The quantitative estimate of drug-likeness (QED) is 0.627. The Labute approximate surface area is 171 Å². The normalized spacial score (nSPS) is 18.6. The number of methoxy groups -OCH3 is 1. The smallest absolute Gasteiger partial charge is 0.267 e. The number of carbonyl (C=O) groups is 1. The third kappa shape index (κ3) is 3.80. The van der Waals surface area contributed by atoms with Crippen LogP contribution in [0.15, 0.2) is 45.7 Å². The third-order valence-corrected chi connectivity index (χ3v) is 5.01. The molecule has 1 aliphatic rings. The fourth-order valence-electron chi connectivity index (χ4n) is 3.32. The van der Waals surface area contributed by atoms with Gasteiger partial charge in [-0.05, 0) is 37.3 Å². The van der Waals surface area contributed by atoms with E-state index in [4.69, 9.17) is 9.26 Å². The van der Waals surface area contributed by atoms with E-state index in [1.54, 1.807) is 44.4 Å². The van der Waals surface area contributed by atoms with Gasteiger partial charge in [0, 0.05) is 24.6 Å². The van der Waals surface area contributed by atoms with Crippen LogP contribution in [0.3, 0.4) is 0 Å². The Bertz CT molecular complexity index is 1130. The van der Waals surface area contributed by atoms with Gasteiger partial charge in [-0.25, -0.2) is 9.07 Å². The summed E-state index contributed by atoms with van der Waals surface area (Å²) in [5.74, 6) is 0.362. The van der Waals surface area contributed by atoms with Crippen molar-refractivity contribution in [3.8, 4) is 17.1 Å². The summed E-state index contributed by atoms with van der Waals surface area (Å²) >= 11 is 0. The van der Waals surface area contributed by atoms with Crippen LogP contribution in [0, 0.1) is 6.92 Å². The van der Waals surface area contributed by atoms with E-state index in [-0.39, 0.29) is 43.3 Å². The van der Waals surface area contributed by atoms with Crippen molar-refractivity contribution in [2.24, 2.45) is 0 Å². The summed E-state index contributed by atoms with van der Waals surface area (Å²) in [5.41, 5.74) is -1.07. The summed E-state index contributed by atoms with van der Waals surface area (Å²) in [6.07, 6.45) is 0.0269. The summed E-state index contributed by atoms with van der Waals surface area (Å²) in [5, 5.41) is 7.91. The second kappa shape index (κ2) is 7.69. The van der Waals surface area contributed by atoms with Gasteiger partial charge in [0.15, 0.2) is 0 Å². The Morgan fingerprint density at radius 1 is 1.27 bits per heavy atom. The maximum Gasteiger partial charge on any atom is 0.267 e. The molecule has 1 unspecified atom stereocenters. The molecule has 1 atom stereocenters. The molecule has 1 aliphatic heterocycles. The van der Waals surface area contributed by atoms with Crippen LogP contribution < -0.4 is 10.3 Å². The lowest BCUT2D eigenvalue weighted by Gasteiger charge is -2.18. The monoisotopic (exact) mass is 413 g/mol. The van der Waals surface area contributed by atoms with Crippen molar-refractivity contribution >= 4 is 5.91 Å². The zero-order chi connectivity index (χ0) is 21.3. The number of aryl methyl sites for hydroxylation is 1. The highest BCUT2D eigenvalue weighted by Gasteiger charge is 2.46. The van der Waals surface area contributed by atoms with Gasteiger partial charge < -0.3 is 14.2 Å². The van der Waals surface area contributed by atoms with Crippen LogP contribution in [0.1, 0.15) is 18.0 Å². The van der Waals surface area contributed by atoms with Crippen molar-refractivity contribution in [1.82, 2.24) is 24.8 Å². The fraction of sp³-hybridized carbons (Fsp3) is 0.350. The van der Waals surface area contributed by atoms with Crippen molar-refractivity contribution in [3.05, 3.63) is 58.3 Å². The molecule has 1 fully saturated rings. The minimum atomic E-state index is -1.95. The van der Waals surface area contributed by atoms with Gasteiger partial charge in [0.25, 0.3) is 11.4 Å². The molecule has 9 nitrogen and oxygen atoms in total. The van der Waals surface area contributed by atoms with Gasteiger partial charge in [0.05, 0.1) is 19.3 Å². The zero-order valence-electron chi connectivity index (χ0n) is 16.5. The first-order chi connectivity index (χ1) is 14.4. The lowest BCUT2D eigenvalue weighted by atomic mass is 10.1. The first-order valence-corrected chi connectivity index (χ1v) is 9.38. The van der Waals surface area contributed by atoms with Gasteiger partial charge in [-0.3, -0.25) is 9.59 Å². The highest BCUT2D eigenvalue weighted by molar-refractivity contribution is 5.76. The van der Waals surface area contributed by atoms with E-state index >= 15 is 4.39 Å². The Morgan fingerprint density at radius 3 is 2.77 bits per heavy atom. The third-order valence-electron chi connectivity index (χ3n) is 5.01. The number of ether oxygens (including phenoxy) is 1. The molecule has 10 heteroatoms. The predicted octanol–water partition coefficient (Wildman–Crippen LogP) is 1.71. The molecule has 1 aromatic carbocycles. The van der Waals surface area contributed by atoms with Gasteiger partial charge >= 0.3 is 0 Å². The van der Waals surface area contributed by atoms with Crippen LogP contribution in [-0.4, -0.2) is 50.9 Å². The minimum Gasteiger partial charge on any atom is -0.497 e. The van der Waals surface area contributed by atoms with Crippen molar-refractivity contribution in [2.75, 3.05) is 20.2 Å². The van der Waals surface area contributed by atoms with Crippen LogP contribution in [0.2, 0.25) is 0 Å². The number of amides is 1. The molecule has 0 saturated carbocycles. The van der Waals surface area contributed by atoms with Crippen molar-refractivity contribution in [1.29, 1.82) is 0 Å². The second-order valence-electron chi connectivity index (χ2n) is 7.15. The largest absolute Gasteiger partial charge is 0.497 e. The van der Waals surface area contributed by atoms with Gasteiger partial charge in [-0.15, -0.1) is 0 Å². The number of benzene rings is 1. The van der Waals surface area contributed by atoms with Crippen LogP contribution in [0.4, 0.5) is 4.39 Å². The van der Waals surface area contributed by atoms with Gasteiger partial charge in [0.2, 0.25) is 17.4 Å². The second-order valence-corrected chi connectivity index (χ2v) is 7.15. The minimum absolute atomic E-state index is 0.0269. The Hall–Kier alpha value is -3.56. The molecule has 0 spiro atoms. The molecule has 3 heterocycles. The average Bonchev–Trinajstić information content (AvgIpc) is 3.39. The number of hydrogen-bond donors (Lipinski definition) is 0. The summed E-state index contributed by atoms with van der Waals surface area (Å²) in [6.45, 7) is 1.42. The Morgan fingerprint density at radius 2 is 2.03 bits per heavy atom. The number of hydrogen-bond acceptors (Lipinski definition) is 7. The zero-order valence-corrected chi connectivity index (χ0v) is 16.5. The average molecular weight is 413 g/mol. The number of aromatic nitrogens is 4. The van der Waals surface area contributed by atoms with Crippen molar-refractivity contribution < 1.29 is 18.4 Å².